The van der Waals surface area contributed by atoms with E-state index in [-0.39, 0.29) is 18.3 Å². The number of ether oxygens (including phenoxy) is 1. The van der Waals surface area contributed by atoms with Crippen LogP contribution in [0.4, 0.5) is 10.1 Å². The minimum absolute atomic E-state index is 0.114. The molecule has 0 spiro atoms. The molecule has 2 aromatic rings. The third-order valence-corrected chi connectivity index (χ3v) is 3.32. The fourth-order valence-corrected chi connectivity index (χ4v) is 2.28. The molecular weight excluding hydrogens is 372 g/mol. The van der Waals surface area contributed by atoms with Crippen molar-refractivity contribution >= 4 is 34.2 Å². The molecule has 0 saturated heterocycles. The van der Waals surface area contributed by atoms with Crippen molar-refractivity contribution in [2.75, 3.05) is 11.9 Å². The molecule has 2 rings (SSSR count). The highest BCUT2D eigenvalue weighted by Gasteiger charge is 2.06. The maximum absolute atomic E-state index is 12.7. The number of anilines is 1. The van der Waals surface area contributed by atoms with Gasteiger partial charge in [-0.15, -0.1) is 0 Å². The lowest BCUT2D eigenvalue weighted by molar-refractivity contribution is -0.118. The minimum atomic E-state index is -0.337. The zero-order valence-electron chi connectivity index (χ0n) is 10.8. The lowest BCUT2D eigenvalue weighted by Gasteiger charge is -2.10. The van der Waals surface area contributed by atoms with E-state index < -0.39 is 0 Å². The Bertz CT molecular complexity index is 614. The number of rotatable bonds is 4. The number of hydrogen-bond acceptors (Lipinski definition) is 2. The second-order valence-corrected chi connectivity index (χ2v) is 5.50. The number of benzene rings is 2. The first-order chi connectivity index (χ1) is 9.54. The fraction of sp³-hybridized carbons (Fsp3) is 0.133. The fourth-order valence-electron chi connectivity index (χ4n) is 1.63. The molecule has 2 aromatic carbocycles. The van der Waals surface area contributed by atoms with Crippen LogP contribution in [0, 0.1) is 16.3 Å². The molecule has 0 atom stereocenters. The van der Waals surface area contributed by atoms with Gasteiger partial charge in [0.05, 0.1) is 0 Å². The van der Waals surface area contributed by atoms with Crippen molar-refractivity contribution in [1.82, 2.24) is 0 Å². The van der Waals surface area contributed by atoms with Gasteiger partial charge in [-0.05, 0) is 77.5 Å². The number of aryl methyl sites for hydroxylation is 1. The predicted molar refractivity (Wildman–Crippen MR) is 84.4 cm³/mol. The summed E-state index contributed by atoms with van der Waals surface area (Å²) in [6, 6.07) is 11.3. The molecule has 0 fully saturated rings. The highest BCUT2D eigenvalue weighted by molar-refractivity contribution is 14.1. The summed E-state index contributed by atoms with van der Waals surface area (Å²) in [7, 11) is 0. The molecule has 0 aliphatic rings. The SMILES string of the molecule is Cc1cc(I)ccc1NC(=O)COc1ccc(F)cc1. The molecule has 0 saturated carbocycles. The Labute approximate surface area is 130 Å². The van der Waals surface area contributed by atoms with Crippen LogP contribution in [-0.4, -0.2) is 12.5 Å². The average Bonchev–Trinajstić information content (AvgIpc) is 2.41. The molecule has 0 radical (unpaired) electrons. The molecule has 104 valence electrons. The summed E-state index contributed by atoms with van der Waals surface area (Å²) >= 11 is 2.21. The van der Waals surface area contributed by atoms with Crippen molar-refractivity contribution in [3.63, 3.8) is 0 Å². The van der Waals surface area contributed by atoms with Crippen molar-refractivity contribution in [3.8, 4) is 5.75 Å². The van der Waals surface area contributed by atoms with Gasteiger partial charge in [0.2, 0.25) is 0 Å². The van der Waals surface area contributed by atoms with Crippen LogP contribution in [0.5, 0.6) is 5.75 Å². The molecule has 5 heteroatoms. The topological polar surface area (TPSA) is 38.3 Å². The second-order valence-electron chi connectivity index (χ2n) is 4.25. The number of nitrogens with one attached hydrogen (secondary N) is 1. The molecule has 3 nitrogen and oxygen atoms in total. The molecular formula is C15H13FINO2. The van der Waals surface area contributed by atoms with Gasteiger partial charge in [-0.3, -0.25) is 4.79 Å². The van der Waals surface area contributed by atoms with Crippen LogP contribution in [-0.2, 0) is 4.79 Å². The molecule has 0 aliphatic carbocycles. The van der Waals surface area contributed by atoms with Crippen LogP contribution in [0.3, 0.4) is 0 Å². The van der Waals surface area contributed by atoms with E-state index in [0.717, 1.165) is 14.8 Å². The van der Waals surface area contributed by atoms with Gasteiger partial charge < -0.3 is 10.1 Å². The highest BCUT2D eigenvalue weighted by Crippen LogP contribution is 2.17. The highest BCUT2D eigenvalue weighted by atomic mass is 127. The lowest BCUT2D eigenvalue weighted by Crippen LogP contribution is -2.20. The third kappa shape index (κ3) is 4.19. The van der Waals surface area contributed by atoms with Crippen molar-refractivity contribution in [2.45, 2.75) is 6.92 Å². The zero-order valence-corrected chi connectivity index (χ0v) is 13.0. The molecule has 20 heavy (non-hydrogen) atoms. The standard InChI is InChI=1S/C15H13FINO2/c1-10-8-12(17)4-7-14(10)18-15(19)9-20-13-5-2-11(16)3-6-13/h2-8H,9H2,1H3,(H,18,19). The summed E-state index contributed by atoms with van der Waals surface area (Å²) in [4.78, 5) is 11.8. The second kappa shape index (κ2) is 6.69. The molecule has 0 heterocycles. The monoisotopic (exact) mass is 385 g/mol. The van der Waals surface area contributed by atoms with E-state index in [1.54, 1.807) is 0 Å². The van der Waals surface area contributed by atoms with Crippen LogP contribution in [0.15, 0.2) is 42.5 Å². The number of amides is 1. The molecule has 0 bridgehead atoms. The predicted octanol–water partition coefficient (Wildman–Crippen LogP) is 3.76. The number of carbonyl (C=O) groups excluding carboxylic acids is 1. The van der Waals surface area contributed by atoms with Crippen molar-refractivity contribution < 1.29 is 13.9 Å². The van der Waals surface area contributed by atoms with Crippen LogP contribution >= 0.6 is 22.6 Å². The number of hydrogen-bond donors (Lipinski definition) is 1. The van der Waals surface area contributed by atoms with Gasteiger partial charge in [0, 0.05) is 9.26 Å². The Balaban J connectivity index is 1.90. The number of halogens is 2. The van der Waals surface area contributed by atoms with E-state index in [2.05, 4.69) is 27.9 Å². The quantitative estimate of drug-likeness (QED) is 0.815. The van der Waals surface area contributed by atoms with Crippen LogP contribution < -0.4 is 10.1 Å². The van der Waals surface area contributed by atoms with E-state index in [1.165, 1.54) is 24.3 Å². The van der Waals surface area contributed by atoms with Crippen molar-refractivity contribution in [3.05, 3.63) is 57.4 Å². The zero-order chi connectivity index (χ0) is 14.5. The van der Waals surface area contributed by atoms with Gasteiger partial charge in [0.15, 0.2) is 6.61 Å². The van der Waals surface area contributed by atoms with Crippen molar-refractivity contribution in [2.24, 2.45) is 0 Å². The average molecular weight is 385 g/mol. The van der Waals surface area contributed by atoms with Crippen LogP contribution in [0.1, 0.15) is 5.56 Å². The van der Waals surface area contributed by atoms with E-state index in [4.69, 9.17) is 4.74 Å². The Morgan fingerprint density at radius 2 is 1.95 bits per heavy atom. The maximum Gasteiger partial charge on any atom is 0.262 e. The van der Waals surface area contributed by atoms with Crippen LogP contribution in [0.25, 0.3) is 0 Å². The van der Waals surface area contributed by atoms with Gasteiger partial charge in [-0.2, -0.15) is 0 Å². The van der Waals surface area contributed by atoms with Crippen molar-refractivity contribution in [1.29, 1.82) is 0 Å². The van der Waals surface area contributed by atoms with E-state index >= 15 is 0 Å². The van der Waals surface area contributed by atoms with E-state index in [0.29, 0.717) is 5.75 Å². The molecule has 1 N–H and O–H groups in total. The first-order valence-electron chi connectivity index (χ1n) is 5.99. The molecule has 0 aliphatic heterocycles. The third-order valence-electron chi connectivity index (χ3n) is 2.65. The van der Waals surface area contributed by atoms with Gasteiger partial charge in [0.1, 0.15) is 11.6 Å². The van der Waals surface area contributed by atoms with Gasteiger partial charge in [-0.1, -0.05) is 0 Å². The van der Waals surface area contributed by atoms with E-state index in [9.17, 15) is 9.18 Å². The summed E-state index contributed by atoms with van der Waals surface area (Å²) in [6.07, 6.45) is 0. The summed E-state index contributed by atoms with van der Waals surface area (Å²) in [6.45, 7) is 1.82. The van der Waals surface area contributed by atoms with Gasteiger partial charge in [0.25, 0.3) is 5.91 Å². The summed E-state index contributed by atoms with van der Waals surface area (Å²) < 4.78 is 19.1. The minimum Gasteiger partial charge on any atom is -0.484 e. The van der Waals surface area contributed by atoms with Crippen LogP contribution in [0.2, 0.25) is 0 Å². The Kier molecular flexibility index (Phi) is 4.94. The first kappa shape index (κ1) is 14.8. The molecule has 0 aromatic heterocycles. The maximum atomic E-state index is 12.7. The lowest BCUT2D eigenvalue weighted by atomic mass is 10.2. The Hall–Kier alpha value is -1.63. The first-order valence-corrected chi connectivity index (χ1v) is 7.07. The number of carbonyl (C=O) groups is 1. The summed E-state index contributed by atoms with van der Waals surface area (Å²) in [5.41, 5.74) is 1.75. The molecule has 0 unspecified atom stereocenters. The summed E-state index contributed by atoms with van der Waals surface area (Å²) in [5.74, 6) is -0.129. The Morgan fingerprint density at radius 1 is 1.25 bits per heavy atom. The normalized spacial score (nSPS) is 10.2. The van der Waals surface area contributed by atoms with E-state index in [1.807, 2.05) is 25.1 Å². The largest absolute Gasteiger partial charge is 0.484 e. The van der Waals surface area contributed by atoms with Gasteiger partial charge >= 0.3 is 0 Å². The summed E-state index contributed by atoms with van der Waals surface area (Å²) in [5, 5.41) is 2.78. The molecule has 1 amide bonds. The van der Waals surface area contributed by atoms with Gasteiger partial charge in [-0.25, -0.2) is 4.39 Å². The Morgan fingerprint density at radius 3 is 2.60 bits per heavy atom. The smallest absolute Gasteiger partial charge is 0.262 e.